The van der Waals surface area contributed by atoms with Gasteiger partial charge in [0.2, 0.25) is 0 Å². The maximum Gasteiger partial charge on any atom is 0.410 e. The number of rotatable bonds is 6. The van der Waals surface area contributed by atoms with Crippen LogP contribution in [0.3, 0.4) is 0 Å². The fourth-order valence-corrected chi connectivity index (χ4v) is 5.32. The van der Waals surface area contributed by atoms with Gasteiger partial charge in [0.15, 0.2) is 5.78 Å². The van der Waals surface area contributed by atoms with E-state index in [-0.39, 0.29) is 24.5 Å². The van der Waals surface area contributed by atoms with Gasteiger partial charge in [0.25, 0.3) is 0 Å². The molecule has 2 fully saturated rings. The van der Waals surface area contributed by atoms with E-state index in [0.717, 1.165) is 0 Å². The number of halogens is 1. The summed E-state index contributed by atoms with van der Waals surface area (Å²) in [7, 11) is 0. The summed E-state index contributed by atoms with van der Waals surface area (Å²) in [6.07, 6.45) is -0.874. The molecule has 1 aromatic carbocycles. The molecule has 1 aliphatic heterocycles. The standard InChI is InChI=1S/C28H39FN2O8/c1-7-37-24(33)22-20(32)16-28(6,36)23(25(34)38-8-2)21(22)17-9-10-19(18(29)15-17)30-11-13-31(14-12-30)26(35)39-27(3,4)5/h9-10,15,21-23,36H,7-8,11-14,16H2,1-6H3. The largest absolute Gasteiger partial charge is 0.466 e. The molecular weight excluding hydrogens is 511 g/mol. The number of aliphatic hydroxyl groups is 1. The molecule has 1 heterocycles. The van der Waals surface area contributed by atoms with E-state index in [0.29, 0.717) is 26.2 Å². The molecule has 0 radical (unpaired) electrons. The van der Waals surface area contributed by atoms with E-state index < -0.39 is 65.0 Å². The van der Waals surface area contributed by atoms with Gasteiger partial charge >= 0.3 is 18.0 Å². The second-order valence-corrected chi connectivity index (χ2v) is 11.2. The van der Waals surface area contributed by atoms with Gasteiger partial charge in [0.05, 0.1) is 30.4 Å². The molecule has 1 amide bonds. The normalized spacial score (nSPS) is 25.7. The van der Waals surface area contributed by atoms with E-state index in [1.807, 2.05) is 0 Å². The average molecular weight is 551 g/mol. The van der Waals surface area contributed by atoms with Gasteiger partial charge in [-0.1, -0.05) is 6.07 Å². The molecule has 216 valence electrons. The van der Waals surface area contributed by atoms with Crippen LogP contribution >= 0.6 is 0 Å². The zero-order valence-corrected chi connectivity index (χ0v) is 23.5. The maximum atomic E-state index is 15.6. The van der Waals surface area contributed by atoms with Crippen LogP contribution in [0.15, 0.2) is 18.2 Å². The molecule has 0 aromatic heterocycles. The molecule has 1 aliphatic carbocycles. The van der Waals surface area contributed by atoms with Crippen LogP contribution in [0.1, 0.15) is 59.4 Å². The Morgan fingerprint density at radius 1 is 1.05 bits per heavy atom. The van der Waals surface area contributed by atoms with Gasteiger partial charge < -0.3 is 29.1 Å². The number of anilines is 1. The highest BCUT2D eigenvalue weighted by molar-refractivity contribution is 6.02. The number of carbonyl (C=O) groups excluding carboxylic acids is 4. The third-order valence-corrected chi connectivity index (χ3v) is 6.98. The van der Waals surface area contributed by atoms with Gasteiger partial charge in [0.1, 0.15) is 17.3 Å². The van der Waals surface area contributed by atoms with Crippen LogP contribution in [0.5, 0.6) is 0 Å². The van der Waals surface area contributed by atoms with E-state index in [4.69, 9.17) is 14.2 Å². The Balaban J connectivity index is 1.91. The summed E-state index contributed by atoms with van der Waals surface area (Å²) >= 11 is 0. The Morgan fingerprint density at radius 3 is 2.18 bits per heavy atom. The first-order chi connectivity index (χ1) is 18.2. The van der Waals surface area contributed by atoms with Crippen molar-refractivity contribution in [1.82, 2.24) is 4.90 Å². The van der Waals surface area contributed by atoms with Crippen molar-refractivity contribution >= 4 is 29.5 Å². The number of piperazine rings is 1. The van der Waals surface area contributed by atoms with E-state index in [1.165, 1.54) is 19.1 Å². The number of carbonyl (C=O) groups is 4. The van der Waals surface area contributed by atoms with Crippen molar-refractivity contribution in [3.8, 4) is 0 Å². The van der Waals surface area contributed by atoms with Crippen LogP contribution in [-0.4, -0.2) is 84.4 Å². The highest BCUT2D eigenvalue weighted by Crippen LogP contribution is 2.47. The third kappa shape index (κ3) is 6.87. The summed E-state index contributed by atoms with van der Waals surface area (Å²) in [6.45, 7) is 11.4. The van der Waals surface area contributed by atoms with Crippen molar-refractivity contribution in [2.75, 3.05) is 44.3 Å². The molecule has 10 nitrogen and oxygen atoms in total. The highest BCUT2D eigenvalue weighted by Gasteiger charge is 2.57. The Bertz CT molecular complexity index is 1090. The highest BCUT2D eigenvalue weighted by atomic mass is 19.1. The van der Waals surface area contributed by atoms with Gasteiger partial charge in [-0.3, -0.25) is 14.4 Å². The lowest BCUT2D eigenvalue weighted by molar-refractivity contribution is -0.172. The van der Waals surface area contributed by atoms with Crippen LogP contribution < -0.4 is 4.90 Å². The number of hydrogen-bond donors (Lipinski definition) is 1. The second-order valence-electron chi connectivity index (χ2n) is 11.2. The molecule has 4 atom stereocenters. The SMILES string of the molecule is CCOC(=O)C1C(=O)CC(C)(O)C(C(=O)OCC)C1c1ccc(N2CCN(C(=O)OC(C)(C)C)CC2)c(F)c1. The van der Waals surface area contributed by atoms with Crippen molar-refractivity contribution in [3.05, 3.63) is 29.6 Å². The van der Waals surface area contributed by atoms with Crippen LogP contribution in [0.2, 0.25) is 0 Å². The molecule has 3 rings (SSSR count). The van der Waals surface area contributed by atoms with Gasteiger partial charge in [-0.15, -0.1) is 0 Å². The van der Waals surface area contributed by atoms with Crippen molar-refractivity contribution in [2.24, 2.45) is 11.8 Å². The van der Waals surface area contributed by atoms with E-state index in [1.54, 1.807) is 50.5 Å². The molecule has 0 spiro atoms. The number of nitrogens with zero attached hydrogens (tertiary/aromatic N) is 2. The predicted octanol–water partition coefficient (Wildman–Crippen LogP) is 3.05. The molecule has 39 heavy (non-hydrogen) atoms. The van der Waals surface area contributed by atoms with Gasteiger partial charge in [0, 0.05) is 38.5 Å². The summed E-state index contributed by atoms with van der Waals surface area (Å²) in [5, 5.41) is 11.1. The maximum absolute atomic E-state index is 15.6. The molecule has 1 aromatic rings. The zero-order valence-electron chi connectivity index (χ0n) is 23.5. The van der Waals surface area contributed by atoms with Crippen LogP contribution in [-0.2, 0) is 28.6 Å². The van der Waals surface area contributed by atoms with Gasteiger partial charge in [-0.25, -0.2) is 9.18 Å². The van der Waals surface area contributed by atoms with E-state index in [9.17, 15) is 24.3 Å². The lowest BCUT2D eigenvalue weighted by Crippen LogP contribution is -2.55. The van der Waals surface area contributed by atoms with Crippen LogP contribution in [0, 0.1) is 17.7 Å². The summed E-state index contributed by atoms with van der Waals surface area (Å²) in [4.78, 5) is 54.7. The van der Waals surface area contributed by atoms with Gasteiger partial charge in [-0.2, -0.15) is 0 Å². The minimum atomic E-state index is -1.82. The summed E-state index contributed by atoms with van der Waals surface area (Å²) in [5.41, 5.74) is -1.96. The molecular formula is C28H39FN2O8. The number of ether oxygens (including phenoxy) is 3. The number of Topliss-reactive ketones (excluding diaryl/α,β-unsaturated/α-hetero) is 1. The fraction of sp³-hybridized carbons (Fsp3) is 0.643. The minimum Gasteiger partial charge on any atom is -0.466 e. The fourth-order valence-electron chi connectivity index (χ4n) is 5.32. The Kier molecular flexibility index (Phi) is 9.25. The summed E-state index contributed by atoms with van der Waals surface area (Å²) < 4.78 is 31.3. The molecule has 11 heteroatoms. The van der Waals surface area contributed by atoms with Crippen molar-refractivity contribution in [2.45, 2.75) is 65.1 Å². The van der Waals surface area contributed by atoms with Crippen LogP contribution in [0.4, 0.5) is 14.9 Å². The first-order valence-corrected chi connectivity index (χ1v) is 13.3. The molecule has 0 bridgehead atoms. The molecule has 4 unspecified atom stereocenters. The lowest BCUT2D eigenvalue weighted by Gasteiger charge is -2.43. The number of hydrogen-bond acceptors (Lipinski definition) is 9. The molecule has 2 aliphatic rings. The number of amides is 1. The third-order valence-electron chi connectivity index (χ3n) is 6.98. The first-order valence-electron chi connectivity index (χ1n) is 13.3. The Morgan fingerprint density at radius 2 is 1.64 bits per heavy atom. The van der Waals surface area contributed by atoms with E-state index in [2.05, 4.69) is 0 Å². The topological polar surface area (TPSA) is 123 Å². The predicted molar refractivity (Wildman–Crippen MR) is 140 cm³/mol. The quantitative estimate of drug-likeness (QED) is 0.323. The van der Waals surface area contributed by atoms with Gasteiger partial charge in [-0.05, 0) is 59.2 Å². The second kappa shape index (κ2) is 11.9. The van der Waals surface area contributed by atoms with Crippen molar-refractivity contribution in [3.63, 3.8) is 0 Å². The summed E-state index contributed by atoms with van der Waals surface area (Å²) in [5.74, 6) is -6.72. The average Bonchev–Trinajstić information content (AvgIpc) is 2.82. The Hall–Kier alpha value is -3.21. The molecule has 1 N–H and O–H groups in total. The molecule has 1 saturated heterocycles. The number of benzene rings is 1. The monoisotopic (exact) mass is 550 g/mol. The van der Waals surface area contributed by atoms with E-state index >= 15 is 4.39 Å². The smallest absolute Gasteiger partial charge is 0.410 e. The summed E-state index contributed by atoms with van der Waals surface area (Å²) in [6, 6.07) is 4.26. The zero-order chi connectivity index (χ0) is 29.1. The lowest BCUT2D eigenvalue weighted by atomic mass is 9.61. The minimum absolute atomic E-state index is 0.0123. The van der Waals surface area contributed by atoms with Crippen molar-refractivity contribution < 1.29 is 42.9 Å². The number of esters is 2. The Labute approximate surface area is 228 Å². The van der Waals surface area contributed by atoms with Crippen LogP contribution in [0.25, 0.3) is 0 Å². The number of ketones is 1. The van der Waals surface area contributed by atoms with Crippen molar-refractivity contribution in [1.29, 1.82) is 0 Å². The first kappa shape index (κ1) is 30.3. The molecule has 1 saturated carbocycles.